The van der Waals surface area contributed by atoms with Gasteiger partial charge < -0.3 is 10.6 Å². The van der Waals surface area contributed by atoms with Gasteiger partial charge >= 0.3 is 0 Å². The highest BCUT2D eigenvalue weighted by Crippen LogP contribution is 2.23. The van der Waals surface area contributed by atoms with E-state index < -0.39 is 0 Å². The fraction of sp³-hybridized carbons (Fsp3) is 0.462. The zero-order valence-corrected chi connectivity index (χ0v) is 9.60. The van der Waals surface area contributed by atoms with E-state index in [2.05, 4.69) is 36.3 Å². The Hall–Kier alpha value is -1.35. The lowest BCUT2D eigenvalue weighted by Crippen LogP contribution is -2.20. The Bertz CT molecular complexity index is 361. The van der Waals surface area contributed by atoms with E-state index >= 15 is 0 Å². The molecule has 1 aromatic rings. The Morgan fingerprint density at radius 2 is 2.19 bits per heavy atom. The van der Waals surface area contributed by atoms with Gasteiger partial charge in [-0.05, 0) is 17.9 Å². The highest BCUT2D eigenvalue weighted by molar-refractivity contribution is 5.86. The van der Waals surface area contributed by atoms with Crippen LogP contribution in [0.5, 0.6) is 0 Å². The lowest BCUT2D eigenvalue weighted by molar-refractivity contribution is 0.0918. The molecule has 0 saturated heterocycles. The molecule has 2 atom stereocenters. The first-order valence-corrected chi connectivity index (χ1v) is 5.76. The molecule has 0 bridgehead atoms. The molecule has 1 aromatic carbocycles. The summed E-state index contributed by atoms with van der Waals surface area (Å²) in [5.74, 6) is 0.486. The second-order valence-corrected chi connectivity index (χ2v) is 4.34. The average Bonchev–Trinajstić information content (AvgIpc) is 2.78. The number of nitrogens with two attached hydrogens (primary N) is 1. The van der Waals surface area contributed by atoms with E-state index in [0.717, 1.165) is 18.6 Å². The van der Waals surface area contributed by atoms with Crippen LogP contribution in [0, 0.1) is 0 Å². The summed E-state index contributed by atoms with van der Waals surface area (Å²) in [7, 11) is 0. The molecule has 2 N–H and O–H groups in total. The summed E-state index contributed by atoms with van der Waals surface area (Å²) >= 11 is 0. The molecule has 16 heavy (non-hydrogen) atoms. The molecule has 0 fully saturated rings. The monoisotopic (exact) mass is 218 g/mol. The molecule has 0 aliphatic carbocycles. The van der Waals surface area contributed by atoms with Crippen molar-refractivity contribution < 1.29 is 4.84 Å². The van der Waals surface area contributed by atoms with Crippen LogP contribution in [0.25, 0.3) is 0 Å². The number of benzene rings is 1. The number of rotatable bonds is 4. The molecule has 0 amide bonds. The first kappa shape index (κ1) is 11.1. The van der Waals surface area contributed by atoms with Crippen molar-refractivity contribution in [2.24, 2.45) is 10.9 Å². The Kier molecular flexibility index (Phi) is 3.57. The van der Waals surface area contributed by atoms with E-state index in [4.69, 9.17) is 10.6 Å². The molecular formula is C13H18N2O. The van der Waals surface area contributed by atoms with Crippen molar-refractivity contribution in [3.8, 4) is 0 Å². The van der Waals surface area contributed by atoms with Crippen LogP contribution in [0.2, 0.25) is 0 Å². The standard InChI is InChI=1S/C13H18N2O/c1-10(11-5-3-2-4-6-11)7-12-8-13(9-14)16-15-12/h2-6,10,13H,7-9,14H2,1H3. The minimum atomic E-state index is 0.0953. The van der Waals surface area contributed by atoms with Gasteiger partial charge in [0.05, 0.1) is 5.71 Å². The average molecular weight is 218 g/mol. The van der Waals surface area contributed by atoms with Crippen molar-refractivity contribution in [2.45, 2.75) is 31.8 Å². The molecule has 1 heterocycles. The summed E-state index contributed by atoms with van der Waals surface area (Å²) in [6, 6.07) is 10.5. The molecule has 2 rings (SSSR count). The molecule has 0 aromatic heterocycles. The van der Waals surface area contributed by atoms with E-state index in [-0.39, 0.29) is 6.10 Å². The maximum absolute atomic E-state index is 5.54. The van der Waals surface area contributed by atoms with Gasteiger partial charge in [-0.15, -0.1) is 0 Å². The first-order chi connectivity index (χ1) is 7.79. The quantitative estimate of drug-likeness (QED) is 0.842. The minimum Gasteiger partial charge on any atom is -0.391 e. The largest absolute Gasteiger partial charge is 0.391 e. The molecular weight excluding hydrogens is 200 g/mol. The Morgan fingerprint density at radius 3 is 2.81 bits per heavy atom. The summed E-state index contributed by atoms with van der Waals surface area (Å²) in [5, 5.41) is 4.09. The normalized spacial score (nSPS) is 21.4. The molecule has 86 valence electrons. The highest BCUT2D eigenvalue weighted by Gasteiger charge is 2.21. The fourth-order valence-electron chi connectivity index (χ4n) is 1.99. The van der Waals surface area contributed by atoms with Gasteiger partial charge in [0.15, 0.2) is 0 Å². The molecule has 0 radical (unpaired) electrons. The third kappa shape index (κ3) is 2.61. The van der Waals surface area contributed by atoms with E-state index in [9.17, 15) is 0 Å². The van der Waals surface area contributed by atoms with Crippen molar-refractivity contribution in [3.63, 3.8) is 0 Å². The molecule has 1 aliphatic heterocycles. The summed E-state index contributed by atoms with van der Waals surface area (Å²) in [6.45, 7) is 2.76. The predicted molar refractivity (Wildman–Crippen MR) is 65.5 cm³/mol. The van der Waals surface area contributed by atoms with Crippen LogP contribution in [0.4, 0.5) is 0 Å². The van der Waals surface area contributed by atoms with Gasteiger partial charge in [0, 0.05) is 13.0 Å². The Balaban J connectivity index is 1.91. The van der Waals surface area contributed by atoms with Crippen LogP contribution in [-0.2, 0) is 4.84 Å². The zero-order chi connectivity index (χ0) is 11.4. The van der Waals surface area contributed by atoms with Gasteiger partial charge in [-0.1, -0.05) is 42.4 Å². The van der Waals surface area contributed by atoms with Gasteiger partial charge in [0.2, 0.25) is 0 Å². The van der Waals surface area contributed by atoms with Gasteiger partial charge in [0.25, 0.3) is 0 Å². The van der Waals surface area contributed by atoms with E-state index in [0.29, 0.717) is 12.5 Å². The van der Waals surface area contributed by atoms with Gasteiger partial charge in [0.1, 0.15) is 6.10 Å². The van der Waals surface area contributed by atoms with Crippen LogP contribution in [0.1, 0.15) is 31.2 Å². The fourth-order valence-corrected chi connectivity index (χ4v) is 1.99. The van der Waals surface area contributed by atoms with Crippen LogP contribution in [0.3, 0.4) is 0 Å². The van der Waals surface area contributed by atoms with E-state index in [1.165, 1.54) is 5.56 Å². The smallest absolute Gasteiger partial charge is 0.145 e. The lowest BCUT2D eigenvalue weighted by Gasteiger charge is -2.10. The van der Waals surface area contributed by atoms with Crippen LogP contribution in [-0.4, -0.2) is 18.4 Å². The highest BCUT2D eigenvalue weighted by atomic mass is 16.6. The molecule has 0 saturated carbocycles. The third-order valence-corrected chi connectivity index (χ3v) is 2.97. The van der Waals surface area contributed by atoms with Gasteiger partial charge in [-0.2, -0.15) is 0 Å². The number of hydrogen-bond acceptors (Lipinski definition) is 3. The molecule has 3 nitrogen and oxygen atoms in total. The van der Waals surface area contributed by atoms with Crippen LogP contribution < -0.4 is 5.73 Å². The molecule has 2 unspecified atom stereocenters. The maximum atomic E-state index is 5.54. The molecule has 0 spiro atoms. The second kappa shape index (κ2) is 5.12. The SMILES string of the molecule is CC(CC1=NOC(CN)C1)c1ccccc1. The van der Waals surface area contributed by atoms with Crippen molar-refractivity contribution >= 4 is 5.71 Å². The Labute approximate surface area is 96.3 Å². The van der Waals surface area contributed by atoms with Gasteiger partial charge in [-0.3, -0.25) is 0 Å². The zero-order valence-electron chi connectivity index (χ0n) is 9.60. The van der Waals surface area contributed by atoms with Crippen molar-refractivity contribution in [3.05, 3.63) is 35.9 Å². The summed E-state index contributed by atoms with van der Waals surface area (Å²) in [5.41, 5.74) is 8.02. The van der Waals surface area contributed by atoms with Crippen LogP contribution >= 0.6 is 0 Å². The minimum absolute atomic E-state index is 0.0953. The third-order valence-electron chi connectivity index (χ3n) is 2.97. The van der Waals surface area contributed by atoms with Crippen molar-refractivity contribution in [2.75, 3.05) is 6.54 Å². The predicted octanol–water partition coefficient (Wildman–Crippen LogP) is 2.28. The van der Waals surface area contributed by atoms with E-state index in [1.807, 2.05) is 6.07 Å². The number of nitrogens with zero attached hydrogens (tertiary/aromatic N) is 1. The first-order valence-electron chi connectivity index (χ1n) is 5.76. The summed E-state index contributed by atoms with van der Waals surface area (Å²) in [6.07, 6.45) is 1.94. The van der Waals surface area contributed by atoms with E-state index in [1.54, 1.807) is 0 Å². The van der Waals surface area contributed by atoms with Crippen LogP contribution in [0.15, 0.2) is 35.5 Å². The lowest BCUT2D eigenvalue weighted by atomic mass is 9.94. The second-order valence-electron chi connectivity index (χ2n) is 4.34. The van der Waals surface area contributed by atoms with Gasteiger partial charge in [-0.25, -0.2) is 0 Å². The number of oxime groups is 1. The molecule has 1 aliphatic rings. The van der Waals surface area contributed by atoms with Crippen molar-refractivity contribution in [1.82, 2.24) is 0 Å². The summed E-state index contributed by atoms with van der Waals surface area (Å²) in [4.78, 5) is 5.21. The van der Waals surface area contributed by atoms with Crippen molar-refractivity contribution in [1.29, 1.82) is 0 Å². The summed E-state index contributed by atoms with van der Waals surface area (Å²) < 4.78 is 0. The topological polar surface area (TPSA) is 47.6 Å². The number of hydrogen-bond donors (Lipinski definition) is 1. The maximum Gasteiger partial charge on any atom is 0.145 e. The Morgan fingerprint density at radius 1 is 1.44 bits per heavy atom. The molecule has 3 heteroatoms.